The zero-order valence-electron chi connectivity index (χ0n) is 8.87. The van der Waals surface area contributed by atoms with Crippen molar-refractivity contribution in [1.82, 2.24) is 0 Å². The largest absolute Gasteiger partial charge is 0.495 e. The van der Waals surface area contributed by atoms with Crippen LogP contribution in [0.2, 0.25) is 0 Å². The molecule has 80 valence electrons. The van der Waals surface area contributed by atoms with Gasteiger partial charge < -0.3 is 4.74 Å². The van der Waals surface area contributed by atoms with E-state index in [0.29, 0.717) is 5.75 Å². The van der Waals surface area contributed by atoms with E-state index in [9.17, 15) is 4.79 Å². The Morgan fingerprint density at radius 2 is 2.13 bits per heavy atom. The summed E-state index contributed by atoms with van der Waals surface area (Å²) in [6.45, 7) is 3.67. The number of ether oxygens (including phenoxy) is 1. The normalized spacial score (nSPS) is 10.7. The first-order valence-electron chi connectivity index (χ1n) is 4.45. The van der Waals surface area contributed by atoms with E-state index in [0.717, 1.165) is 10.0 Å². The van der Waals surface area contributed by atoms with E-state index in [2.05, 4.69) is 20.9 Å². The van der Waals surface area contributed by atoms with Crippen molar-refractivity contribution >= 4 is 22.0 Å². The predicted molar refractivity (Wildman–Crippen MR) is 61.8 cm³/mol. The van der Waals surface area contributed by atoms with Gasteiger partial charge in [0.1, 0.15) is 5.75 Å². The second-order valence-electron chi connectivity index (χ2n) is 3.58. The summed E-state index contributed by atoms with van der Waals surface area (Å²) < 4.78 is 6.12. The highest BCUT2D eigenvalue weighted by molar-refractivity contribution is 9.10. The minimum Gasteiger partial charge on any atom is -0.495 e. The molecule has 0 fully saturated rings. The van der Waals surface area contributed by atoms with Crippen LogP contribution in [0.25, 0.3) is 0 Å². The maximum Gasteiger partial charge on any atom is 0.235 e. The molecule has 0 aliphatic rings. The van der Waals surface area contributed by atoms with Gasteiger partial charge in [-0.1, -0.05) is 12.1 Å². The van der Waals surface area contributed by atoms with E-state index in [1.54, 1.807) is 13.2 Å². The van der Waals surface area contributed by atoms with Crippen LogP contribution in [0, 0.1) is 0 Å². The average Bonchev–Trinajstić information content (AvgIpc) is 2.17. The summed E-state index contributed by atoms with van der Waals surface area (Å²) in [5.41, 5.74) is 0.222. The molecule has 0 aliphatic carbocycles. The molecule has 0 atom stereocenters. The summed E-state index contributed by atoms with van der Waals surface area (Å²) in [7, 11) is 1.59. The van der Waals surface area contributed by atoms with Crippen LogP contribution in [0.15, 0.2) is 27.7 Å². The molecule has 3 nitrogen and oxygen atoms in total. The van der Waals surface area contributed by atoms with Gasteiger partial charge in [0.05, 0.1) is 17.1 Å². The van der Waals surface area contributed by atoms with E-state index in [4.69, 9.17) is 4.74 Å². The first kappa shape index (κ1) is 12.0. The second kappa shape index (κ2) is 4.60. The summed E-state index contributed by atoms with van der Waals surface area (Å²) in [6, 6.07) is 5.64. The van der Waals surface area contributed by atoms with Crippen LogP contribution in [-0.2, 0) is 10.3 Å². The van der Waals surface area contributed by atoms with Gasteiger partial charge in [-0.2, -0.15) is 4.99 Å². The maximum absolute atomic E-state index is 10.3. The highest BCUT2D eigenvalue weighted by atomic mass is 79.9. The van der Waals surface area contributed by atoms with E-state index in [1.165, 1.54) is 0 Å². The minimum atomic E-state index is -0.628. The summed E-state index contributed by atoms with van der Waals surface area (Å²) in [5, 5.41) is 0. The van der Waals surface area contributed by atoms with Gasteiger partial charge in [0.15, 0.2) is 0 Å². The molecule has 0 amide bonds. The molecule has 15 heavy (non-hydrogen) atoms. The zero-order valence-corrected chi connectivity index (χ0v) is 10.5. The Kier molecular flexibility index (Phi) is 3.66. The fourth-order valence-corrected chi connectivity index (χ4v) is 1.90. The number of nitrogens with zero attached hydrogens (tertiary/aromatic N) is 1. The lowest BCUT2D eigenvalue weighted by atomic mass is 9.94. The summed E-state index contributed by atoms with van der Waals surface area (Å²) >= 11 is 3.39. The van der Waals surface area contributed by atoms with Crippen LogP contribution >= 0.6 is 15.9 Å². The lowest BCUT2D eigenvalue weighted by Crippen LogP contribution is -2.15. The number of aliphatic imine (C=N–C) groups is 1. The number of rotatable bonds is 3. The van der Waals surface area contributed by atoms with Gasteiger partial charge in [0, 0.05) is 5.56 Å². The summed E-state index contributed by atoms with van der Waals surface area (Å²) in [6.07, 6.45) is 1.58. The third-order valence-electron chi connectivity index (χ3n) is 2.16. The van der Waals surface area contributed by atoms with Gasteiger partial charge in [-0.25, -0.2) is 4.79 Å². The highest BCUT2D eigenvalue weighted by Gasteiger charge is 2.24. The number of isocyanates is 1. The standard InChI is InChI=1S/C11H12BrNO2/c1-11(2,13-7-14)8-5-4-6-9(12)10(8)15-3/h4-6H,1-3H3. The molecule has 0 heterocycles. The van der Waals surface area contributed by atoms with E-state index in [1.807, 2.05) is 32.0 Å². The monoisotopic (exact) mass is 269 g/mol. The van der Waals surface area contributed by atoms with Crippen molar-refractivity contribution in [3.63, 3.8) is 0 Å². The molecule has 0 N–H and O–H groups in total. The Labute approximate surface area is 97.3 Å². The Morgan fingerprint density at radius 3 is 2.67 bits per heavy atom. The van der Waals surface area contributed by atoms with Crippen LogP contribution in [-0.4, -0.2) is 13.2 Å². The van der Waals surface area contributed by atoms with Crippen LogP contribution in [0.1, 0.15) is 19.4 Å². The van der Waals surface area contributed by atoms with Crippen molar-refractivity contribution in [3.05, 3.63) is 28.2 Å². The smallest absolute Gasteiger partial charge is 0.235 e. The Bertz CT molecular complexity index is 409. The molecule has 1 aromatic rings. The van der Waals surface area contributed by atoms with Crippen molar-refractivity contribution in [2.45, 2.75) is 19.4 Å². The maximum atomic E-state index is 10.3. The lowest BCUT2D eigenvalue weighted by molar-refractivity contribution is 0.392. The number of halogens is 1. The van der Waals surface area contributed by atoms with Crippen molar-refractivity contribution in [2.75, 3.05) is 7.11 Å². The number of hydrogen-bond acceptors (Lipinski definition) is 3. The Morgan fingerprint density at radius 1 is 1.47 bits per heavy atom. The molecule has 1 aromatic carbocycles. The third kappa shape index (κ3) is 2.46. The first-order chi connectivity index (χ1) is 7.03. The second-order valence-corrected chi connectivity index (χ2v) is 4.44. The van der Waals surface area contributed by atoms with Crippen molar-refractivity contribution in [3.8, 4) is 5.75 Å². The molecule has 0 radical (unpaired) electrons. The molecular weight excluding hydrogens is 258 g/mol. The van der Waals surface area contributed by atoms with Gasteiger partial charge >= 0.3 is 0 Å². The Hall–Kier alpha value is -1.12. The fraction of sp³-hybridized carbons (Fsp3) is 0.364. The molecule has 0 spiro atoms. The number of para-hydroxylation sites is 1. The molecule has 0 aliphatic heterocycles. The fourth-order valence-electron chi connectivity index (χ4n) is 1.37. The summed E-state index contributed by atoms with van der Waals surface area (Å²) in [4.78, 5) is 14.1. The number of benzene rings is 1. The van der Waals surface area contributed by atoms with Crippen molar-refractivity contribution < 1.29 is 9.53 Å². The predicted octanol–water partition coefficient (Wildman–Crippen LogP) is 3.03. The molecule has 1 rings (SSSR count). The number of methoxy groups -OCH3 is 1. The van der Waals surface area contributed by atoms with E-state index in [-0.39, 0.29) is 0 Å². The molecule has 4 heteroatoms. The van der Waals surface area contributed by atoms with Crippen LogP contribution in [0.5, 0.6) is 5.75 Å². The molecular formula is C11H12BrNO2. The molecule has 0 aromatic heterocycles. The van der Waals surface area contributed by atoms with Crippen LogP contribution < -0.4 is 4.74 Å². The van der Waals surface area contributed by atoms with Crippen molar-refractivity contribution in [1.29, 1.82) is 0 Å². The minimum absolute atomic E-state index is 0.628. The van der Waals surface area contributed by atoms with Crippen molar-refractivity contribution in [2.24, 2.45) is 4.99 Å². The number of carbonyl (C=O) groups excluding carboxylic acids is 1. The number of hydrogen-bond donors (Lipinski definition) is 0. The highest BCUT2D eigenvalue weighted by Crippen LogP contribution is 2.37. The van der Waals surface area contributed by atoms with E-state index < -0.39 is 5.54 Å². The zero-order chi connectivity index (χ0) is 11.5. The lowest BCUT2D eigenvalue weighted by Gasteiger charge is -2.21. The van der Waals surface area contributed by atoms with Crippen LogP contribution in [0.4, 0.5) is 0 Å². The van der Waals surface area contributed by atoms with Gasteiger partial charge in [0.2, 0.25) is 6.08 Å². The van der Waals surface area contributed by atoms with Gasteiger partial charge in [-0.15, -0.1) is 0 Å². The Balaban J connectivity index is 3.36. The quantitative estimate of drug-likeness (QED) is 0.625. The van der Waals surface area contributed by atoms with E-state index >= 15 is 0 Å². The van der Waals surface area contributed by atoms with Gasteiger partial charge in [-0.3, -0.25) is 0 Å². The van der Waals surface area contributed by atoms with Gasteiger partial charge in [-0.05, 0) is 35.8 Å². The van der Waals surface area contributed by atoms with Gasteiger partial charge in [0.25, 0.3) is 0 Å². The summed E-state index contributed by atoms with van der Waals surface area (Å²) in [5.74, 6) is 0.696. The SMILES string of the molecule is COc1c(Br)cccc1C(C)(C)N=C=O. The third-order valence-corrected chi connectivity index (χ3v) is 2.78. The van der Waals surface area contributed by atoms with Crippen LogP contribution in [0.3, 0.4) is 0 Å². The molecule has 0 saturated carbocycles. The first-order valence-corrected chi connectivity index (χ1v) is 5.24. The average molecular weight is 270 g/mol. The molecule has 0 unspecified atom stereocenters. The molecule has 0 saturated heterocycles. The topological polar surface area (TPSA) is 38.7 Å². The molecule has 0 bridgehead atoms.